The molecule has 2 N–H and O–H groups in total. The number of hydrogen-bond donors (Lipinski definition) is 1. The summed E-state index contributed by atoms with van der Waals surface area (Å²) in [6, 6.07) is 5.28. The van der Waals surface area contributed by atoms with Gasteiger partial charge in [-0.3, -0.25) is 0 Å². The molecule has 68 valence electrons. The van der Waals surface area contributed by atoms with Crippen LogP contribution in [0.15, 0.2) is 24.3 Å². The molecule has 0 amide bonds. The van der Waals surface area contributed by atoms with Crippen molar-refractivity contribution >= 4 is 17.7 Å². The molecule has 0 radical (unpaired) electrons. The lowest BCUT2D eigenvalue weighted by atomic mass is 10.1. The first-order chi connectivity index (χ1) is 6.09. The van der Waals surface area contributed by atoms with Gasteiger partial charge in [0.1, 0.15) is 0 Å². The lowest BCUT2D eigenvalue weighted by Crippen LogP contribution is -2.18. The maximum absolute atomic E-state index is 10.1. The highest BCUT2D eigenvalue weighted by Crippen LogP contribution is 2.13. The summed E-state index contributed by atoms with van der Waals surface area (Å²) < 4.78 is 0. The average Bonchev–Trinajstić information content (AvgIpc) is 2.02. The molecule has 0 saturated heterocycles. The summed E-state index contributed by atoms with van der Waals surface area (Å²) in [5.41, 5.74) is 7.97. The van der Waals surface area contributed by atoms with Crippen molar-refractivity contribution in [2.45, 2.75) is 6.92 Å². The minimum Gasteiger partial charge on any atom is -0.545 e. The normalized spacial score (nSPS) is 10.5. The van der Waals surface area contributed by atoms with Crippen molar-refractivity contribution in [3.8, 4) is 0 Å². The van der Waals surface area contributed by atoms with Gasteiger partial charge in [0, 0.05) is 5.69 Å². The molecule has 1 aromatic carbocycles. The van der Waals surface area contributed by atoms with E-state index in [9.17, 15) is 9.90 Å². The third-order valence-corrected chi connectivity index (χ3v) is 1.69. The number of carboxylic acids is 1. The molecule has 0 fully saturated rings. The number of hydrogen-bond acceptors (Lipinski definition) is 3. The van der Waals surface area contributed by atoms with Crippen LogP contribution in [0.2, 0.25) is 0 Å². The zero-order valence-electron chi connectivity index (χ0n) is 7.28. The second kappa shape index (κ2) is 3.76. The van der Waals surface area contributed by atoms with E-state index < -0.39 is 5.97 Å². The topological polar surface area (TPSA) is 66.2 Å². The van der Waals surface area contributed by atoms with Crippen LogP contribution in [0.5, 0.6) is 0 Å². The Morgan fingerprint density at radius 1 is 1.54 bits per heavy atom. The molecule has 1 rings (SSSR count). The number of benzene rings is 1. The second-order valence-corrected chi connectivity index (χ2v) is 2.77. The number of aryl methyl sites for hydroxylation is 1. The van der Waals surface area contributed by atoms with Crippen molar-refractivity contribution < 1.29 is 9.90 Å². The highest BCUT2D eigenvalue weighted by Gasteiger charge is 1.93. The number of carbonyl (C=O) groups excluding carboxylic acids is 1. The van der Waals surface area contributed by atoms with Gasteiger partial charge in [-0.15, -0.1) is 0 Å². The Labute approximate surface area is 76.5 Å². The van der Waals surface area contributed by atoms with Gasteiger partial charge in [-0.05, 0) is 36.3 Å². The van der Waals surface area contributed by atoms with Crippen LogP contribution in [-0.4, -0.2) is 5.97 Å². The maximum Gasteiger partial charge on any atom is 0.0643 e. The lowest BCUT2D eigenvalue weighted by Gasteiger charge is -2.01. The molecule has 0 bridgehead atoms. The molecular weight excluding hydrogens is 166 g/mol. The summed E-state index contributed by atoms with van der Waals surface area (Å²) in [4.78, 5) is 10.1. The molecule has 0 aromatic heterocycles. The smallest absolute Gasteiger partial charge is 0.0643 e. The molecule has 0 unspecified atom stereocenters. The van der Waals surface area contributed by atoms with Gasteiger partial charge in [-0.25, -0.2) is 0 Å². The van der Waals surface area contributed by atoms with E-state index in [1.54, 1.807) is 18.2 Å². The number of carboxylic acid groups (broad SMARTS) is 1. The van der Waals surface area contributed by atoms with Crippen molar-refractivity contribution in [2.24, 2.45) is 0 Å². The maximum atomic E-state index is 10.1. The fraction of sp³-hybridized carbons (Fsp3) is 0.100. The minimum absolute atomic E-state index is 0.670. The van der Waals surface area contributed by atoms with Crippen molar-refractivity contribution in [3.63, 3.8) is 0 Å². The first-order valence-electron chi connectivity index (χ1n) is 3.85. The van der Waals surface area contributed by atoms with E-state index in [0.717, 1.165) is 17.2 Å². The van der Waals surface area contributed by atoms with Gasteiger partial charge in [0.15, 0.2) is 0 Å². The molecule has 0 spiro atoms. The Morgan fingerprint density at radius 2 is 2.23 bits per heavy atom. The second-order valence-electron chi connectivity index (χ2n) is 2.77. The molecule has 0 heterocycles. The van der Waals surface area contributed by atoms with Gasteiger partial charge in [-0.2, -0.15) is 0 Å². The first-order valence-corrected chi connectivity index (χ1v) is 3.85. The molecule has 3 nitrogen and oxygen atoms in total. The molecular formula is C10H10NO2-. The van der Waals surface area contributed by atoms with Crippen LogP contribution in [0.25, 0.3) is 6.08 Å². The fourth-order valence-electron chi connectivity index (χ4n) is 1.04. The molecule has 3 heteroatoms. The van der Waals surface area contributed by atoms with Crippen molar-refractivity contribution in [2.75, 3.05) is 5.73 Å². The van der Waals surface area contributed by atoms with Gasteiger partial charge >= 0.3 is 0 Å². The monoisotopic (exact) mass is 176 g/mol. The van der Waals surface area contributed by atoms with Crippen LogP contribution >= 0.6 is 0 Å². The summed E-state index contributed by atoms with van der Waals surface area (Å²) in [5, 5.41) is 10.1. The summed E-state index contributed by atoms with van der Waals surface area (Å²) in [5.74, 6) is -1.20. The summed E-state index contributed by atoms with van der Waals surface area (Å²) >= 11 is 0. The van der Waals surface area contributed by atoms with Crippen molar-refractivity contribution in [1.82, 2.24) is 0 Å². The molecule has 0 aliphatic carbocycles. The molecule has 13 heavy (non-hydrogen) atoms. The third-order valence-electron chi connectivity index (χ3n) is 1.69. The van der Waals surface area contributed by atoms with Gasteiger partial charge in [0.2, 0.25) is 0 Å². The fourth-order valence-corrected chi connectivity index (χ4v) is 1.04. The van der Waals surface area contributed by atoms with E-state index in [2.05, 4.69) is 0 Å². The van der Waals surface area contributed by atoms with Gasteiger partial charge < -0.3 is 15.6 Å². The zero-order valence-corrected chi connectivity index (χ0v) is 7.28. The van der Waals surface area contributed by atoms with E-state index in [4.69, 9.17) is 5.73 Å². The van der Waals surface area contributed by atoms with E-state index in [1.165, 1.54) is 6.08 Å². The Morgan fingerprint density at radius 3 is 2.77 bits per heavy atom. The molecule has 1 aromatic rings. The number of nitrogen functional groups attached to an aromatic ring is 1. The van der Waals surface area contributed by atoms with Crippen LogP contribution in [0.1, 0.15) is 11.1 Å². The Kier molecular flexibility index (Phi) is 2.69. The van der Waals surface area contributed by atoms with E-state index in [0.29, 0.717) is 5.69 Å². The Bertz CT molecular complexity index is 356. The van der Waals surface area contributed by atoms with Gasteiger partial charge in [0.05, 0.1) is 5.97 Å². The number of aliphatic carboxylic acids is 1. The molecule has 0 aliphatic rings. The van der Waals surface area contributed by atoms with Crippen LogP contribution in [0.3, 0.4) is 0 Å². The number of nitrogens with two attached hydrogens (primary N) is 1. The van der Waals surface area contributed by atoms with E-state index in [-0.39, 0.29) is 0 Å². The minimum atomic E-state index is -1.20. The lowest BCUT2D eigenvalue weighted by molar-refractivity contribution is -0.297. The summed E-state index contributed by atoms with van der Waals surface area (Å²) in [7, 11) is 0. The van der Waals surface area contributed by atoms with Crippen LogP contribution in [-0.2, 0) is 4.79 Å². The third kappa shape index (κ3) is 2.63. The number of rotatable bonds is 2. The summed E-state index contributed by atoms with van der Waals surface area (Å²) in [6.07, 6.45) is 2.49. The number of carbonyl (C=O) groups is 1. The predicted molar refractivity (Wildman–Crippen MR) is 49.6 cm³/mol. The Hall–Kier alpha value is -1.77. The predicted octanol–water partition coefficient (Wildman–Crippen LogP) is 0.340. The largest absolute Gasteiger partial charge is 0.545 e. The van der Waals surface area contributed by atoms with Crippen molar-refractivity contribution in [1.29, 1.82) is 0 Å². The highest BCUT2D eigenvalue weighted by atomic mass is 16.4. The van der Waals surface area contributed by atoms with Crippen LogP contribution in [0, 0.1) is 6.92 Å². The quantitative estimate of drug-likeness (QED) is 0.522. The van der Waals surface area contributed by atoms with Gasteiger partial charge in [-0.1, -0.05) is 12.1 Å². The van der Waals surface area contributed by atoms with E-state index in [1.807, 2.05) is 6.92 Å². The summed E-state index contributed by atoms with van der Waals surface area (Å²) in [6.45, 7) is 1.87. The molecule has 0 atom stereocenters. The van der Waals surface area contributed by atoms with Crippen LogP contribution < -0.4 is 10.8 Å². The highest BCUT2D eigenvalue weighted by molar-refractivity contribution is 5.84. The zero-order chi connectivity index (χ0) is 9.84. The standard InChI is InChI=1S/C10H11NO2/c1-7-6-9(11)4-2-8(7)3-5-10(12)13/h2-6H,11H2,1H3,(H,12,13)/p-1/b5-3+. The first kappa shape index (κ1) is 9.32. The van der Waals surface area contributed by atoms with Gasteiger partial charge in [0.25, 0.3) is 0 Å². The SMILES string of the molecule is Cc1cc(N)ccc1/C=C/C(=O)[O-]. The molecule has 0 aliphatic heterocycles. The number of anilines is 1. The average molecular weight is 176 g/mol. The van der Waals surface area contributed by atoms with Crippen LogP contribution in [0.4, 0.5) is 5.69 Å². The van der Waals surface area contributed by atoms with Crippen molar-refractivity contribution in [3.05, 3.63) is 35.4 Å². The Balaban J connectivity index is 2.96. The van der Waals surface area contributed by atoms with E-state index >= 15 is 0 Å². The molecule has 0 saturated carbocycles.